The molecule has 196 valence electrons. The van der Waals surface area contributed by atoms with Gasteiger partial charge >= 0.3 is 0 Å². The predicted octanol–water partition coefficient (Wildman–Crippen LogP) is 2.29. The predicted molar refractivity (Wildman–Crippen MR) is 146 cm³/mol. The van der Waals surface area contributed by atoms with Crippen LogP contribution in [0.1, 0.15) is 29.2 Å². The highest BCUT2D eigenvalue weighted by atomic mass is 16.5. The second-order valence-electron chi connectivity index (χ2n) is 9.24. The molecule has 1 aromatic heterocycles. The van der Waals surface area contributed by atoms with Crippen molar-refractivity contribution >= 4 is 22.6 Å². The number of ether oxygens (including phenoxy) is 1. The molecular weight excluding hydrogens is 468 g/mol. The van der Waals surface area contributed by atoms with Gasteiger partial charge in [-0.1, -0.05) is 30.3 Å². The van der Waals surface area contributed by atoms with E-state index in [0.29, 0.717) is 38.7 Å². The number of H-pyrrole nitrogens is 1. The Labute approximate surface area is 217 Å². The molecule has 1 aliphatic rings. The van der Waals surface area contributed by atoms with Crippen LogP contribution in [-0.2, 0) is 29.1 Å². The summed E-state index contributed by atoms with van der Waals surface area (Å²) >= 11 is 0. The Balaban J connectivity index is 1.30. The van der Waals surface area contributed by atoms with Gasteiger partial charge in [-0.2, -0.15) is 0 Å². The monoisotopic (exact) mass is 504 g/mol. The average molecular weight is 505 g/mol. The summed E-state index contributed by atoms with van der Waals surface area (Å²) in [5, 5.41) is 18.1. The number of aromatic amines is 1. The van der Waals surface area contributed by atoms with E-state index in [2.05, 4.69) is 39.7 Å². The number of aliphatic hydroxyl groups is 1. The number of fused-ring (bicyclic) bond motifs is 1. The number of carbonyl (C=O) groups is 1. The molecular formula is C28H36N6O3. The summed E-state index contributed by atoms with van der Waals surface area (Å²) in [6, 6.07) is 14.3. The minimum atomic E-state index is -1.02. The highest BCUT2D eigenvalue weighted by Gasteiger charge is 2.27. The molecule has 0 saturated carbocycles. The number of carbonyl (C=O) groups excluding carboxylic acids is 1. The lowest BCUT2D eigenvalue weighted by molar-refractivity contribution is -0.123. The lowest BCUT2D eigenvalue weighted by atomic mass is 10.1. The molecule has 2 aromatic carbocycles. The fraction of sp³-hybridized carbons (Fsp3) is 0.357. The van der Waals surface area contributed by atoms with Crippen molar-refractivity contribution in [2.45, 2.75) is 39.6 Å². The molecule has 3 aromatic rings. The minimum absolute atomic E-state index is 0.0282. The molecule has 0 radical (unpaired) electrons. The van der Waals surface area contributed by atoms with Crippen LogP contribution in [0.15, 0.2) is 65.6 Å². The van der Waals surface area contributed by atoms with Gasteiger partial charge in [0.1, 0.15) is 0 Å². The Morgan fingerprint density at radius 2 is 2.03 bits per heavy atom. The van der Waals surface area contributed by atoms with E-state index in [4.69, 9.17) is 10.5 Å². The highest BCUT2D eigenvalue weighted by molar-refractivity contribution is 5.89. The van der Waals surface area contributed by atoms with Crippen molar-refractivity contribution in [2.24, 2.45) is 10.7 Å². The van der Waals surface area contributed by atoms with Crippen molar-refractivity contribution < 1.29 is 14.6 Å². The summed E-state index contributed by atoms with van der Waals surface area (Å²) < 4.78 is 5.51. The van der Waals surface area contributed by atoms with Gasteiger partial charge in [0.05, 0.1) is 19.8 Å². The van der Waals surface area contributed by atoms with Gasteiger partial charge < -0.3 is 36.1 Å². The third kappa shape index (κ3) is 6.97. The van der Waals surface area contributed by atoms with Crippen LogP contribution in [0.2, 0.25) is 0 Å². The number of aliphatic imine (C=N–C) groups is 1. The molecule has 0 fully saturated rings. The summed E-state index contributed by atoms with van der Waals surface area (Å²) in [5.74, 6) is 0.252. The van der Waals surface area contributed by atoms with Crippen LogP contribution < -0.4 is 16.4 Å². The first-order chi connectivity index (χ1) is 17.9. The van der Waals surface area contributed by atoms with Gasteiger partial charge in [-0.05, 0) is 54.7 Å². The molecule has 37 heavy (non-hydrogen) atoms. The fourth-order valence-corrected chi connectivity index (χ4v) is 4.30. The Bertz CT molecular complexity index is 1280. The van der Waals surface area contributed by atoms with Crippen molar-refractivity contribution in [1.29, 1.82) is 0 Å². The molecule has 0 aliphatic carbocycles. The van der Waals surface area contributed by atoms with Crippen molar-refractivity contribution in [3.05, 3.63) is 82.8 Å². The summed E-state index contributed by atoms with van der Waals surface area (Å²) in [6.45, 7) is 6.41. The van der Waals surface area contributed by atoms with Crippen LogP contribution >= 0.6 is 0 Å². The Hall–Kier alpha value is -3.66. The zero-order chi connectivity index (χ0) is 26.2. The largest absolute Gasteiger partial charge is 0.375 e. The Kier molecular flexibility index (Phi) is 8.95. The maximum Gasteiger partial charge on any atom is 0.239 e. The first kappa shape index (κ1) is 26.4. The number of nitrogens with one attached hydrogen (secondary N) is 3. The van der Waals surface area contributed by atoms with E-state index in [1.165, 1.54) is 5.56 Å². The van der Waals surface area contributed by atoms with Crippen molar-refractivity contribution in [3.8, 4) is 0 Å². The minimum Gasteiger partial charge on any atom is -0.375 e. The topological polar surface area (TPSA) is 128 Å². The number of allylic oxidation sites excluding steroid dienone is 1. The van der Waals surface area contributed by atoms with E-state index in [-0.39, 0.29) is 12.5 Å². The number of rotatable bonds is 11. The first-order valence-electron chi connectivity index (χ1n) is 12.6. The second kappa shape index (κ2) is 12.5. The zero-order valence-corrected chi connectivity index (χ0v) is 21.5. The number of nitrogens with two attached hydrogens (primary N) is 1. The summed E-state index contributed by atoms with van der Waals surface area (Å²) in [6.07, 6.45) is 3.43. The molecule has 9 heteroatoms. The van der Waals surface area contributed by atoms with Gasteiger partial charge in [0, 0.05) is 48.6 Å². The van der Waals surface area contributed by atoms with E-state index in [1.807, 2.05) is 43.5 Å². The van der Waals surface area contributed by atoms with Gasteiger partial charge in [0.25, 0.3) is 0 Å². The van der Waals surface area contributed by atoms with Crippen LogP contribution in [0, 0.1) is 6.92 Å². The van der Waals surface area contributed by atoms with Gasteiger partial charge in [0.15, 0.2) is 12.1 Å². The summed E-state index contributed by atoms with van der Waals surface area (Å²) in [5.41, 5.74) is 11.7. The number of benzene rings is 2. The van der Waals surface area contributed by atoms with Crippen molar-refractivity contribution in [3.63, 3.8) is 0 Å². The van der Waals surface area contributed by atoms with Gasteiger partial charge in [-0.15, -0.1) is 0 Å². The van der Waals surface area contributed by atoms with E-state index in [1.54, 1.807) is 11.1 Å². The number of hydrogen-bond donors (Lipinski definition) is 5. The number of aliphatic hydroxyl groups excluding tert-OH is 1. The quantitative estimate of drug-likeness (QED) is 0.255. The van der Waals surface area contributed by atoms with E-state index in [0.717, 1.165) is 39.7 Å². The molecule has 1 atom stereocenters. The van der Waals surface area contributed by atoms with Gasteiger partial charge in [-0.3, -0.25) is 9.79 Å². The molecule has 9 nitrogen and oxygen atoms in total. The number of amidine groups is 1. The standard InChI is InChI=1S/C28H36N6O3/c1-19-14-31-25-7-6-22(13-24(19)25)16-32-26(35)17-34-20(2)15-33-27(28(34)36)30-10-8-21-4-3-5-23(12-21)18-37-11-9-29/h3-7,12-15,28,31,36H,8-11,16-18,29H2,1-2H3,(H,30,33)(H,32,35). The van der Waals surface area contributed by atoms with E-state index < -0.39 is 6.23 Å². The second-order valence-corrected chi connectivity index (χ2v) is 9.24. The Morgan fingerprint density at radius 3 is 2.86 bits per heavy atom. The van der Waals surface area contributed by atoms with Crippen molar-refractivity contribution in [1.82, 2.24) is 20.5 Å². The number of nitrogens with zero attached hydrogens (tertiary/aromatic N) is 2. The molecule has 1 aliphatic heterocycles. The molecule has 0 spiro atoms. The molecule has 0 bridgehead atoms. The summed E-state index contributed by atoms with van der Waals surface area (Å²) in [4.78, 5) is 22.2. The third-order valence-electron chi connectivity index (χ3n) is 6.38. The first-order valence-corrected chi connectivity index (χ1v) is 12.6. The zero-order valence-electron chi connectivity index (χ0n) is 21.5. The molecule has 0 saturated heterocycles. The lowest BCUT2D eigenvalue weighted by Gasteiger charge is -2.34. The summed E-state index contributed by atoms with van der Waals surface area (Å²) in [7, 11) is 0. The van der Waals surface area contributed by atoms with Crippen LogP contribution in [0.5, 0.6) is 0 Å². The van der Waals surface area contributed by atoms with Crippen molar-refractivity contribution in [2.75, 3.05) is 26.2 Å². The molecule has 2 heterocycles. The number of amides is 1. The third-order valence-corrected chi connectivity index (χ3v) is 6.38. The number of hydrogen-bond acceptors (Lipinski definition) is 6. The molecule has 1 amide bonds. The molecule has 1 unspecified atom stereocenters. The normalized spacial score (nSPS) is 16.6. The van der Waals surface area contributed by atoms with Crippen LogP contribution in [0.3, 0.4) is 0 Å². The van der Waals surface area contributed by atoms with Gasteiger partial charge in [0.2, 0.25) is 5.91 Å². The SMILES string of the molecule is CC1=CNC(=NCCc2cccc(COCCN)c2)C(O)N1CC(=O)NCc1ccc2[nH]cc(C)c2c1. The van der Waals surface area contributed by atoms with Gasteiger partial charge in [-0.25, -0.2) is 0 Å². The maximum absolute atomic E-state index is 12.7. The fourth-order valence-electron chi connectivity index (χ4n) is 4.30. The van der Waals surface area contributed by atoms with Crippen LogP contribution in [0.4, 0.5) is 0 Å². The average Bonchev–Trinajstić information content (AvgIpc) is 3.27. The smallest absolute Gasteiger partial charge is 0.239 e. The van der Waals surface area contributed by atoms with Crippen LogP contribution in [-0.4, -0.2) is 59.2 Å². The molecule has 4 rings (SSSR count). The highest BCUT2D eigenvalue weighted by Crippen LogP contribution is 2.19. The van der Waals surface area contributed by atoms with E-state index in [9.17, 15) is 9.90 Å². The Morgan fingerprint density at radius 1 is 1.19 bits per heavy atom. The maximum atomic E-state index is 12.7. The number of aromatic nitrogens is 1. The lowest BCUT2D eigenvalue weighted by Crippen LogP contribution is -2.52. The van der Waals surface area contributed by atoms with Crippen LogP contribution in [0.25, 0.3) is 10.9 Å². The molecule has 6 N–H and O–H groups in total. The number of aryl methyl sites for hydroxylation is 1. The van der Waals surface area contributed by atoms with E-state index >= 15 is 0 Å².